The van der Waals surface area contributed by atoms with Crippen molar-refractivity contribution in [3.8, 4) is 0 Å². The van der Waals surface area contributed by atoms with Crippen LogP contribution in [0.25, 0.3) is 0 Å². The lowest BCUT2D eigenvalue weighted by Gasteiger charge is -2.34. The van der Waals surface area contributed by atoms with Gasteiger partial charge in [-0.3, -0.25) is 0 Å². The van der Waals surface area contributed by atoms with Gasteiger partial charge in [0.1, 0.15) is 0 Å². The quantitative estimate of drug-likeness (QED) is 0.703. The third kappa shape index (κ3) is 4.19. The molecule has 1 unspecified atom stereocenters. The highest BCUT2D eigenvalue weighted by Crippen LogP contribution is 2.22. The van der Waals surface area contributed by atoms with Crippen molar-refractivity contribution in [3.05, 3.63) is 0 Å². The van der Waals surface area contributed by atoms with E-state index in [-0.39, 0.29) is 0 Å². The molecule has 18 heavy (non-hydrogen) atoms. The predicted molar refractivity (Wildman–Crippen MR) is 74.7 cm³/mol. The van der Waals surface area contributed by atoms with Crippen LogP contribution in [0, 0.1) is 5.92 Å². The Kier molecular flexibility index (Phi) is 6.55. The number of nitrogens with one attached hydrogen (secondary N) is 1. The van der Waals surface area contributed by atoms with Gasteiger partial charge in [0.2, 0.25) is 0 Å². The van der Waals surface area contributed by atoms with Gasteiger partial charge in [-0.15, -0.1) is 0 Å². The van der Waals surface area contributed by atoms with Crippen molar-refractivity contribution in [2.45, 2.75) is 32.6 Å². The smallest absolute Gasteiger partial charge is 0.281 e. The molecule has 0 saturated carbocycles. The van der Waals surface area contributed by atoms with E-state index in [2.05, 4.69) is 12.2 Å². The molecular weight excluding hydrogens is 250 g/mol. The maximum Gasteiger partial charge on any atom is 0.281 e. The van der Waals surface area contributed by atoms with Gasteiger partial charge >= 0.3 is 0 Å². The first-order chi connectivity index (χ1) is 8.52. The van der Waals surface area contributed by atoms with Gasteiger partial charge in [-0.25, -0.2) is 0 Å². The number of nitrogens with zero attached hydrogens (tertiary/aromatic N) is 2. The van der Waals surface area contributed by atoms with Crippen LogP contribution in [-0.2, 0) is 10.2 Å². The first-order valence-electron chi connectivity index (χ1n) is 6.88. The van der Waals surface area contributed by atoms with E-state index in [1.54, 1.807) is 11.4 Å². The van der Waals surface area contributed by atoms with Crippen molar-refractivity contribution in [2.24, 2.45) is 5.92 Å². The van der Waals surface area contributed by atoms with E-state index in [1.165, 1.54) is 4.31 Å². The minimum absolute atomic E-state index is 0.527. The highest BCUT2D eigenvalue weighted by atomic mass is 32.2. The van der Waals surface area contributed by atoms with E-state index in [0.29, 0.717) is 25.6 Å². The van der Waals surface area contributed by atoms with Gasteiger partial charge in [-0.2, -0.15) is 17.0 Å². The average molecular weight is 277 g/mol. The minimum Gasteiger partial charge on any atom is -0.320 e. The summed E-state index contributed by atoms with van der Waals surface area (Å²) >= 11 is 0. The van der Waals surface area contributed by atoms with Crippen molar-refractivity contribution in [3.63, 3.8) is 0 Å². The summed E-state index contributed by atoms with van der Waals surface area (Å²) in [4.78, 5) is 0. The van der Waals surface area contributed by atoms with Gasteiger partial charge in [-0.05, 0) is 38.8 Å². The van der Waals surface area contributed by atoms with E-state index in [1.807, 2.05) is 7.05 Å². The third-order valence-corrected chi connectivity index (χ3v) is 5.63. The molecule has 1 aliphatic heterocycles. The fraction of sp³-hybridized carbons (Fsp3) is 1.00. The molecule has 0 aromatic rings. The Bertz CT molecular complexity index is 332. The lowest BCUT2D eigenvalue weighted by Crippen LogP contribution is -2.47. The van der Waals surface area contributed by atoms with Gasteiger partial charge in [0, 0.05) is 26.7 Å². The largest absolute Gasteiger partial charge is 0.320 e. The maximum atomic E-state index is 12.4. The van der Waals surface area contributed by atoms with E-state index in [0.717, 1.165) is 32.2 Å². The molecule has 1 rings (SSSR count). The van der Waals surface area contributed by atoms with Crippen LogP contribution >= 0.6 is 0 Å². The first kappa shape index (κ1) is 15.9. The van der Waals surface area contributed by atoms with Crippen molar-refractivity contribution >= 4 is 10.2 Å². The van der Waals surface area contributed by atoms with Crippen LogP contribution in [0.1, 0.15) is 32.6 Å². The Balaban J connectivity index is 2.55. The molecule has 0 radical (unpaired) electrons. The van der Waals surface area contributed by atoms with Crippen LogP contribution in [-0.4, -0.2) is 57.3 Å². The summed E-state index contributed by atoms with van der Waals surface area (Å²) in [7, 11) is 0.314. The summed E-state index contributed by atoms with van der Waals surface area (Å²) in [6, 6.07) is 0. The van der Waals surface area contributed by atoms with Crippen molar-refractivity contribution in [1.82, 2.24) is 13.9 Å². The summed E-state index contributed by atoms with van der Waals surface area (Å²) < 4.78 is 27.9. The molecule has 108 valence electrons. The SMILES string of the molecule is CCC1CCCN(S(=O)(=O)N(C)CCCNC)C1. The maximum absolute atomic E-state index is 12.4. The molecule has 0 aromatic heterocycles. The number of hydrogen-bond donors (Lipinski definition) is 1. The molecule has 5 nitrogen and oxygen atoms in total. The average Bonchev–Trinajstić information content (AvgIpc) is 2.39. The zero-order valence-corrected chi connectivity index (χ0v) is 12.7. The minimum atomic E-state index is -3.25. The monoisotopic (exact) mass is 277 g/mol. The Morgan fingerprint density at radius 3 is 2.78 bits per heavy atom. The highest BCUT2D eigenvalue weighted by molar-refractivity contribution is 7.86. The lowest BCUT2D eigenvalue weighted by atomic mass is 9.97. The van der Waals surface area contributed by atoms with E-state index < -0.39 is 10.2 Å². The lowest BCUT2D eigenvalue weighted by molar-refractivity contribution is 0.247. The second-order valence-electron chi connectivity index (χ2n) is 5.06. The molecule has 1 saturated heterocycles. The highest BCUT2D eigenvalue weighted by Gasteiger charge is 2.30. The predicted octanol–water partition coefficient (Wildman–Crippen LogP) is 0.895. The van der Waals surface area contributed by atoms with Gasteiger partial charge in [0.25, 0.3) is 10.2 Å². The second-order valence-corrected chi connectivity index (χ2v) is 7.10. The van der Waals surface area contributed by atoms with Crippen LogP contribution in [0.4, 0.5) is 0 Å². The molecule has 1 N–H and O–H groups in total. The van der Waals surface area contributed by atoms with Gasteiger partial charge in [-0.1, -0.05) is 13.3 Å². The Hall–Kier alpha value is -0.170. The summed E-state index contributed by atoms with van der Waals surface area (Å²) in [6.07, 6.45) is 4.06. The normalized spacial score (nSPS) is 22.6. The van der Waals surface area contributed by atoms with Crippen LogP contribution in [0.15, 0.2) is 0 Å². The molecular formula is C12H27N3O2S. The molecule has 0 amide bonds. The standard InChI is InChI=1S/C12H27N3O2S/c1-4-12-7-5-10-15(11-12)18(16,17)14(3)9-6-8-13-2/h12-13H,4-11H2,1-3H3. The van der Waals surface area contributed by atoms with Crippen molar-refractivity contribution in [1.29, 1.82) is 0 Å². The Labute approximate surface area is 112 Å². The molecule has 0 bridgehead atoms. The van der Waals surface area contributed by atoms with E-state index in [4.69, 9.17) is 0 Å². The van der Waals surface area contributed by atoms with Gasteiger partial charge in [0.05, 0.1) is 0 Å². The molecule has 0 spiro atoms. The van der Waals surface area contributed by atoms with Gasteiger partial charge in [0.15, 0.2) is 0 Å². The summed E-state index contributed by atoms with van der Waals surface area (Å²) in [5.74, 6) is 0.527. The molecule has 1 aliphatic rings. The molecule has 1 heterocycles. The number of rotatable bonds is 7. The molecule has 1 fully saturated rings. The van der Waals surface area contributed by atoms with Crippen LogP contribution in [0.5, 0.6) is 0 Å². The Morgan fingerprint density at radius 2 is 2.17 bits per heavy atom. The summed E-state index contributed by atoms with van der Waals surface area (Å²) in [6.45, 7) is 4.93. The van der Waals surface area contributed by atoms with Crippen LogP contribution in [0.2, 0.25) is 0 Å². The first-order valence-corrected chi connectivity index (χ1v) is 8.28. The molecule has 0 aliphatic carbocycles. The van der Waals surface area contributed by atoms with E-state index >= 15 is 0 Å². The topological polar surface area (TPSA) is 52.7 Å². The second kappa shape index (κ2) is 7.43. The molecule has 0 aromatic carbocycles. The summed E-state index contributed by atoms with van der Waals surface area (Å²) in [5.41, 5.74) is 0. The molecule has 1 atom stereocenters. The van der Waals surface area contributed by atoms with Crippen molar-refractivity contribution in [2.75, 3.05) is 40.3 Å². The number of piperidine rings is 1. The fourth-order valence-electron chi connectivity index (χ4n) is 2.36. The zero-order valence-electron chi connectivity index (χ0n) is 11.9. The van der Waals surface area contributed by atoms with Crippen LogP contribution < -0.4 is 5.32 Å². The third-order valence-electron chi connectivity index (χ3n) is 3.68. The molecule has 6 heteroatoms. The van der Waals surface area contributed by atoms with E-state index in [9.17, 15) is 8.42 Å². The van der Waals surface area contributed by atoms with Gasteiger partial charge < -0.3 is 5.32 Å². The van der Waals surface area contributed by atoms with Crippen molar-refractivity contribution < 1.29 is 8.42 Å². The van der Waals surface area contributed by atoms with Crippen LogP contribution in [0.3, 0.4) is 0 Å². The zero-order chi connectivity index (χ0) is 13.6. The fourth-order valence-corrected chi connectivity index (χ4v) is 3.87. The number of hydrogen-bond acceptors (Lipinski definition) is 3. The summed E-state index contributed by atoms with van der Waals surface area (Å²) in [5, 5.41) is 3.04. The Morgan fingerprint density at radius 1 is 1.44 bits per heavy atom.